The summed E-state index contributed by atoms with van der Waals surface area (Å²) < 4.78 is 36.9. The fourth-order valence-corrected chi connectivity index (χ4v) is 2.30. The van der Waals surface area contributed by atoms with Crippen molar-refractivity contribution in [2.45, 2.75) is 25.4 Å². The molecule has 0 radical (unpaired) electrons. The minimum Gasteiger partial charge on any atom is -0.350 e. The van der Waals surface area contributed by atoms with Gasteiger partial charge in [-0.1, -0.05) is 33.7 Å². The Morgan fingerprint density at radius 2 is 1.94 bits per heavy atom. The summed E-state index contributed by atoms with van der Waals surface area (Å²) >= 11 is 3.91. The van der Waals surface area contributed by atoms with E-state index in [1.807, 2.05) is 0 Å². The van der Waals surface area contributed by atoms with E-state index >= 15 is 0 Å². The van der Waals surface area contributed by atoms with E-state index in [1.54, 1.807) is 11.9 Å². The van der Waals surface area contributed by atoms with Gasteiger partial charge in [0.1, 0.15) is 0 Å². The van der Waals surface area contributed by atoms with Crippen molar-refractivity contribution in [1.82, 2.24) is 10.2 Å². The summed E-state index contributed by atoms with van der Waals surface area (Å²) in [5.74, 6) is 0. The number of hydrogen-bond donors (Lipinski definition) is 0. The summed E-state index contributed by atoms with van der Waals surface area (Å²) in [7, 11) is 1.73. The molecule has 0 amide bonds. The number of anilines is 1. The molecule has 1 rings (SSSR count). The number of unbranched alkanes of at least 4 members (excludes halogenated alkanes) is 2. The van der Waals surface area contributed by atoms with Crippen LogP contribution in [0.3, 0.4) is 0 Å². The zero-order valence-electron chi connectivity index (χ0n) is 9.30. The Morgan fingerprint density at radius 1 is 1.24 bits per heavy atom. The molecule has 98 valence electrons. The number of halogens is 4. The molecular formula is C9H13BrF3N3S. The largest absolute Gasteiger partial charge is 0.445 e. The molecule has 0 spiro atoms. The molecule has 0 unspecified atom stereocenters. The van der Waals surface area contributed by atoms with Crippen molar-refractivity contribution in [2.75, 3.05) is 23.8 Å². The Labute approximate surface area is 110 Å². The summed E-state index contributed by atoms with van der Waals surface area (Å²) in [6, 6.07) is 0. The molecule has 1 aromatic heterocycles. The fraction of sp³-hybridized carbons (Fsp3) is 0.778. The van der Waals surface area contributed by atoms with Crippen LogP contribution in [0, 0.1) is 0 Å². The van der Waals surface area contributed by atoms with E-state index in [4.69, 9.17) is 0 Å². The van der Waals surface area contributed by atoms with E-state index in [1.165, 1.54) is 0 Å². The molecule has 0 atom stereocenters. The van der Waals surface area contributed by atoms with Crippen LogP contribution in [0.25, 0.3) is 0 Å². The topological polar surface area (TPSA) is 29.0 Å². The van der Waals surface area contributed by atoms with Gasteiger partial charge in [-0.05, 0) is 12.8 Å². The van der Waals surface area contributed by atoms with Crippen LogP contribution in [0.5, 0.6) is 0 Å². The monoisotopic (exact) mass is 331 g/mol. The van der Waals surface area contributed by atoms with Crippen molar-refractivity contribution in [3.8, 4) is 0 Å². The second-order valence-corrected chi connectivity index (χ2v) is 5.31. The molecule has 0 saturated heterocycles. The SMILES string of the molecule is CN(CCCCCBr)c1nnc(C(F)(F)F)s1. The van der Waals surface area contributed by atoms with E-state index in [2.05, 4.69) is 26.1 Å². The molecule has 17 heavy (non-hydrogen) atoms. The van der Waals surface area contributed by atoms with Gasteiger partial charge >= 0.3 is 6.18 Å². The summed E-state index contributed by atoms with van der Waals surface area (Å²) in [5, 5.41) is 7.07. The lowest BCUT2D eigenvalue weighted by atomic mass is 10.2. The first-order chi connectivity index (χ1) is 7.95. The highest BCUT2D eigenvalue weighted by molar-refractivity contribution is 9.09. The van der Waals surface area contributed by atoms with Crippen molar-refractivity contribution in [2.24, 2.45) is 0 Å². The van der Waals surface area contributed by atoms with Crippen LogP contribution < -0.4 is 4.90 Å². The van der Waals surface area contributed by atoms with E-state index in [0.29, 0.717) is 23.0 Å². The molecule has 0 aliphatic heterocycles. The van der Waals surface area contributed by atoms with E-state index in [9.17, 15) is 13.2 Å². The second-order valence-electron chi connectivity index (χ2n) is 3.56. The fourth-order valence-electron chi connectivity index (χ4n) is 1.20. The highest BCUT2D eigenvalue weighted by Crippen LogP contribution is 2.33. The van der Waals surface area contributed by atoms with Gasteiger partial charge in [0.05, 0.1) is 0 Å². The molecule has 8 heteroatoms. The highest BCUT2D eigenvalue weighted by Gasteiger charge is 2.35. The van der Waals surface area contributed by atoms with Crippen molar-refractivity contribution >= 4 is 32.4 Å². The number of aromatic nitrogens is 2. The standard InChI is InChI=1S/C9H13BrF3N3S/c1-16(6-4-2-3-5-10)8-15-14-7(17-8)9(11,12)13/h2-6H2,1H3. The number of nitrogens with zero attached hydrogens (tertiary/aromatic N) is 3. The third kappa shape index (κ3) is 4.79. The predicted octanol–water partition coefficient (Wildman–Crippen LogP) is 3.56. The van der Waals surface area contributed by atoms with Gasteiger partial charge in [0.15, 0.2) is 0 Å². The summed E-state index contributed by atoms with van der Waals surface area (Å²) in [5.41, 5.74) is 0. The minimum atomic E-state index is -4.40. The van der Waals surface area contributed by atoms with Gasteiger partial charge in [0.25, 0.3) is 0 Å². The molecule has 1 heterocycles. The first kappa shape index (κ1) is 14.7. The average molecular weight is 332 g/mol. The van der Waals surface area contributed by atoms with Crippen LogP contribution >= 0.6 is 27.3 Å². The summed E-state index contributed by atoms with van der Waals surface area (Å²) in [6.45, 7) is 0.694. The number of alkyl halides is 4. The molecule has 0 bridgehead atoms. The van der Waals surface area contributed by atoms with Gasteiger partial charge < -0.3 is 4.90 Å². The first-order valence-corrected chi connectivity index (χ1v) is 7.06. The normalized spacial score (nSPS) is 11.8. The zero-order chi connectivity index (χ0) is 12.9. The molecule has 0 saturated carbocycles. The third-order valence-electron chi connectivity index (χ3n) is 2.11. The van der Waals surface area contributed by atoms with Gasteiger partial charge in [0, 0.05) is 18.9 Å². The van der Waals surface area contributed by atoms with Crippen molar-refractivity contribution in [3.05, 3.63) is 5.01 Å². The molecule has 0 fully saturated rings. The lowest BCUT2D eigenvalue weighted by Crippen LogP contribution is -2.18. The van der Waals surface area contributed by atoms with Crippen LogP contribution in [0.1, 0.15) is 24.3 Å². The van der Waals surface area contributed by atoms with Gasteiger partial charge in [-0.25, -0.2) is 0 Å². The summed E-state index contributed by atoms with van der Waals surface area (Å²) in [6.07, 6.45) is -1.35. The Hall–Kier alpha value is -0.370. The number of hydrogen-bond acceptors (Lipinski definition) is 4. The van der Waals surface area contributed by atoms with Crippen molar-refractivity contribution < 1.29 is 13.2 Å². The number of rotatable bonds is 6. The van der Waals surface area contributed by atoms with Gasteiger partial charge in [-0.2, -0.15) is 13.2 Å². The minimum absolute atomic E-state index is 0.316. The predicted molar refractivity (Wildman–Crippen MR) is 65.8 cm³/mol. The van der Waals surface area contributed by atoms with Gasteiger partial charge in [0.2, 0.25) is 10.1 Å². The summed E-state index contributed by atoms with van der Waals surface area (Å²) in [4.78, 5) is 1.71. The lowest BCUT2D eigenvalue weighted by Gasteiger charge is -2.14. The Balaban J connectivity index is 2.47. The Bertz CT molecular complexity index is 342. The van der Waals surface area contributed by atoms with Crippen LogP contribution in [0.2, 0.25) is 0 Å². The van der Waals surface area contributed by atoms with Crippen molar-refractivity contribution in [3.63, 3.8) is 0 Å². The smallest absolute Gasteiger partial charge is 0.350 e. The quantitative estimate of drug-likeness (QED) is 0.589. The molecule has 0 N–H and O–H groups in total. The van der Waals surface area contributed by atoms with Gasteiger partial charge in [-0.3, -0.25) is 0 Å². The second kappa shape index (κ2) is 6.53. The average Bonchev–Trinajstić information content (AvgIpc) is 2.72. The van der Waals surface area contributed by atoms with Gasteiger partial charge in [-0.15, -0.1) is 10.2 Å². The first-order valence-electron chi connectivity index (χ1n) is 5.13. The van der Waals surface area contributed by atoms with E-state index < -0.39 is 11.2 Å². The maximum atomic E-state index is 12.3. The van der Waals surface area contributed by atoms with Crippen LogP contribution in [0.15, 0.2) is 0 Å². The highest BCUT2D eigenvalue weighted by atomic mass is 79.9. The van der Waals surface area contributed by atoms with Crippen LogP contribution in [-0.4, -0.2) is 29.1 Å². The molecule has 0 aromatic carbocycles. The van der Waals surface area contributed by atoms with E-state index in [0.717, 1.165) is 24.6 Å². The lowest BCUT2D eigenvalue weighted by molar-refractivity contribution is -0.138. The Kier molecular flexibility index (Phi) is 5.64. The molecule has 0 aliphatic rings. The van der Waals surface area contributed by atoms with Crippen molar-refractivity contribution in [1.29, 1.82) is 0 Å². The van der Waals surface area contributed by atoms with E-state index in [-0.39, 0.29) is 0 Å². The Morgan fingerprint density at radius 3 is 2.47 bits per heavy atom. The molecule has 0 aliphatic carbocycles. The molecule has 1 aromatic rings. The maximum absolute atomic E-state index is 12.3. The maximum Gasteiger partial charge on any atom is 0.445 e. The molecule has 3 nitrogen and oxygen atoms in total. The third-order valence-corrected chi connectivity index (χ3v) is 3.75. The molecular weight excluding hydrogens is 319 g/mol. The van der Waals surface area contributed by atoms with Crippen LogP contribution in [0.4, 0.5) is 18.3 Å². The van der Waals surface area contributed by atoms with Crippen LogP contribution in [-0.2, 0) is 6.18 Å². The zero-order valence-corrected chi connectivity index (χ0v) is 11.7.